The van der Waals surface area contributed by atoms with E-state index >= 15 is 0 Å². The Morgan fingerprint density at radius 1 is 1.14 bits per heavy atom. The summed E-state index contributed by atoms with van der Waals surface area (Å²) in [5.74, 6) is -0.949. The van der Waals surface area contributed by atoms with Crippen LogP contribution >= 0.6 is 0 Å². The van der Waals surface area contributed by atoms with E-state index in [0.29, 0.717) is 0 Å². The molecule has 2 nitrogen and oxygen atoms in total. The molecular weight excluding hydrogens is 272 g/mol. The molecule has 2 rings (SSSR count). The molecule has 0 aliphatic carbocycles. The number of nitrogens with one attached hydrogen (secondary N) is 1. The van der Waals surface area contributed by atoms with Crippen LogP contribution in [0.3, 0.4) is 0 Å². The SMILES string of the molecule is CCc1cccc(OCC(NC)c2cccc(F)c2F)c1. The molecule has 0 aromatic heterocycles. The number of halogens is 2. The normalized spacial score (nSPS) is 12.2. The maximum Gasteiger partial charge on any atom is 0.163 e. The van der Waals surface area contributed by atoms with E-state index in [9.17, 15) is 8.78 Å². The van der Waals surface area contributed by atoms with Gasteiger partial charge >= 0.3 is 0 Å². The maximum atomic E-state index is 13.8. The third kappa shape index (κ3) is 3.79. The van der Waals surface area contributed by atoms with Crippen molar-refractivity contribution in [2.75, 3.05) is 13.7 Å². The molecule has 21 heavy (non-hydrogen) atoms. The summed E-state index contributed by atoms with van der Waals surface area (Å²) in [4.78, 5) is 0. The average molecular weight is 291 g/mol. The van der Waals surface area contributed by atoms with Gasteiger partial charge in [-0.05, 0) is 37.2 Å². The van der Waals surface area contributed by atoms with E-state index in [-0.39, 0.29) is 12.2 Å². The Balaban J connectivity index is 2.10. The number of ether oxygens (including phenoxy) is 1. The van der Waals surface area contributed by atoms with Gasteiger partial charge in [-0.1, -0.05) is 31.2 Å². The minimum Gasteiger partial charge on any atom is -0.492 e. The molecule has 1 N–H and O–H groups in total. The van der Waals surface area contributed by atoms with E-state index in [4.69, 9.17) is 4.74 Å². The predicted molar refractivity (Wildman–Crippen MR) is 79.5 cm³/mol. The Labute approximate surface area is 123 Å². The highest BCUT2D eigenvalue weighted by Gasteiger charge is 2.17. The van der Waals surface area contributed by atoms with Crippen LogP contribution in [0, 0.1) is 11.6 Å². The van der Waals surface area contributed by atoms with Gasteiger partial charge in [-0.25, -0.2) is 8.78 Å². The number of likely N-dealkylation sites (N-methyl/N-ethyl adjacent to an activating group) is 1. The molecular formula is C17H19F2NO. The summed E-state index contributed by atoms with van der Waals surface area (Å²) in [6.07, 6.45) is 0.922. The first-order valence-corrected chi connectivity index (χ1v) is 6.98. The minimum absolute atomic E-state index is 0.226. The first-order chi connectivity index (χ1) is 10.2. The Hall–Kier alpha value is -1.94. The predicted octanol–water partition coefficient (Wildman–Crippen LogP) is 3.87. The third-order valence-corrected chi connectivity index (χ3v) is 3.43. The van der Waals surface area contributed by atoms with Gasteiger partial charge in [0.25, 0.3) is 0 Å². The van der Waals surface area contributed by atoms with Crippen molar-refractivity contribution in [3.63, 3.8) is 0 Å². The summed E-state index contributed by atoms with van der Waals surface area (Å²) in [6.45, 7) is 2.29. The Morgan fingerprint density at radius 3 is 2.62 bits per heavy atom. The molecule has 0 saturated carbocycles. The van der Waals surface area contributed by atoms with Crippen LogP contribution in [0.1, 0.15) is 24.1 Å². The van der Waals surface area contributed by atoms with Crippen molar-refractivity contribution in [3.05, 3.63) is 65.2 Å². The van der Waals surface area contributed by atoms with Gasteiger partial charge in [-0.15, -0.1) is 0 Å². The van der Waals surface area contributed by atoms with E-state index in [1.54, 1.807) is 13.1 Å². The Kier molecular flexibility index (Phi) is 5.28. The molecule has 4 heteroatoms. The van der Waals surface area contributed by atoms with Crippen molar-refractivity contribution in [2.24, 2.45) is 0 Å². The highest BCUT2D eigenvalue weighted by molar-refractivity contribution is 5.29. The van der Waals surface area contributed by atoms with Crippen molar-refractivity contribution in [1.29, 1.82) is 0 Å². The second-order valence-corrected chi connectivity index (χ2v) is 4.80. The molecule has 2 aromatic rings. The molecule has 0 heterocycles. The van der Waals surface area contributed by atoms with Crippen LogP contribution in [0.25, 0.3) is 0 Å². The van der Waals surface area contributed by atoms with Crippen molar-refractivity contribution in [2.45, 2.75) is 19.4 Å². The Morgan fingerprint density at radius 2 is 1.90 bits per heavy atom. The van der Waals surface area contributed by atoms with Gasteiger partial charge in [-0.2, -0.15) is 0 Å². The summed E-state index contributed by atoms with van der Waals surface area (Å²) in [7, 11) is 1.70. The lowest BCUT2D eigenvalue weighted by Crippen LogP contribution is -2.24. The molecule has 0 radical (unpaired) electrons. The maximum absolute atomic E-state index is 13.8. The molecule has 0 aliphatic rings. The third-order valence-electron chi connectivity index (χ3n) is 3.43. The van der Waals surface area contributed by atoms with Crippen LogP contribution in [-0.4, -0.2) is 13.7 Å². The number of hydrogen-bond acceptors (Lipinski definition) is 2. The van der Waals surface area contributed by atoms with Crippen molar-refractivity contribution >= 4 is 0 Å². The van der Waals surface area contributed by atoms with Gasteiger partial charge in [0.15, 0.2) is 11.6 Å². The van der Waals surface area contributed by atoms with Crippen LogP contribution in [0.5, 0.6) is 5.75 Å². The molecule has 1 unspecified atom stereocenters. The first kappa shape index (κ1) is 15.4. The van der Waals surface area contributed by atoms with Gasteiger partial charge in [0.1, 0.15) is 12.4 Å². The van der Waals surface area contributed by atoms with Gasteiger partial charge in [0.05, 0.1) is 6.04 Å². The van der Waals surface area contributed by atoms with Crippen molar-refractivity contribution < 1.29 is 13.5 Å². The number of benzene rings is 2. The molecule has 0 aliphatic heterocycles. The minimum atomic E-state index is -0.847. The monoisotopic (exact) mass is 291 g/mol. The number of hydrogen-bond donors (Lipinski definition) is 1. The topological polar surface area (TPSA) is 21.3 Å². The number of aryl methyl sites for hydroxylation is 1. The molecule has 0 fully saturated rings. The van der Waals surface area contributed by atoms with E-state index < -0.39 is 17.7 Å². The van der Waals surface area contributed by atoms with Crippen LogP contribution in [0.2, 0.25) is 0 Å². The smallest absolute Gasteiger partial charge is 0.163 e. The molecule has 1 atom stereocenters. The summed E-state index contributed by atoms with van der Waals surface area (Å²) in [6, 6.07) is 11.5. The molecule has 0 amide bonds. The molecule has 0 spiro atoms. The van der Waals surface area contributed by atoms with E-state index in [0.717, 1.165) is 18.2 Å². The molecule has 0 bridgehead atoms. The fraction of sp³-hybridized carbons (Fsp3) is 0.294. The van der Waals surface area contributed by atoms with Crippen molar-refractivity contribution in [3.8, 4) is 5.75 Å². The van der Waals surface area contributed by atoms with Gasteiger partial charge in [-0.3, -0.25) is 0 Å². The van der Waals surface area contributed by atoms with Gasteiger partial charge in [0, 0.05) is 5.56 Å². The van der Waals surface area contributed by atoms with Crippen LogP contribution in [-0.2, 0) is 6.42 Å². The second-order valence-electron chi connectivity index (χ2n) is 4.80. The quantitative estimate of drug-likeness (QED) is 0.872. The van der Waals surface area contributed by atoms with E-state index in [1.807, 2.05) is 24.3 Å². The molecule has 112 valence electrons. The Bertz CT molecular complexity index is 601. The standard InChI is InChI=1S/C17H19F2NO/c1-3-12-6-4-7-13(10-12)21-11-16(20-2)14-8-5-9-15(18)17(14)19/h4-10,16,20H,3,11H2,1-2H3. The van der Waals surface area contributed by atoms with E-state index in [1.165, 1.54) is 11.6 Å². The van der Waals surface area contributed by atoms with Crippen LogP contribution < -0.4 is 10.1 Å². The zero-order chi connectivity index (χ0) is 15.2. The summed E-state index contributed by atoms with van der Waals surface area (Å²) < 4.78 is 32.8. The summed E-state index contributed by atoms with van der Waals surface area (Å²) >= 11 is 0. The van der Waals surface area contributed by atoms with Gasteiger partial charge < -0.3 is 10.1 Å². The molecule has 2 aromatic carbocycles. The molecule has 0 saturated heterocycles. The largest absolute Gasteiger partial charge is 0.492 e. The lowest BCUT2D eigenvalue weighted by atomic mass is 10.1. The highest BCUT2D eigenvalue weighted by atomic mass is 19.2. The summed E-state index contributed by atoms with van der Waals surface area (Å²) in [5, 5.41) is 2.95. The van der Waals surface area contributed by atoms with E-state index in [2.05, 4.69) is 12.2 Å². The second kappa shape index (κ2) is 7.18. The van der Waals surface area contributed by atoms with Crippen LogP contribution in [0.15, 0.2) is 42.5 Å². The zero-order valence-electron chi connectivity index (χ0n) is 12.2. The fourth-order valence-corrected chi connectivity index (χ4v) is 2.15. The highest BCUT2D eigenvalue weighted by Crippen LogP contribution is 2.21. The summed E-state index contributed by atoms with van der Waals surface area (Å²) in [5.41, 5.74) is 1.44. The fourth-order valence-electron chi connectivity index (χ4n) is 2.15. The number of rotatable bonds is 6. The first-order valence-electron chi connectivity index (χ1n) is 6.98. The van der Waals surface area contributed by atoms with Crippen LogP contribution in [0.4, 0.5) is 8.78 Å². The lowest BCUT2D eigenvalue weighted by Gasteiger charge is -2.18. The average Bonchev–Trinajstić information content (AvgIpc) is 2.52. The lowest BCUT2D eigenvalue weighted by molar-refractivity contribution is 0.268. The van der Waals surface area contributed by atoms with Gasteiger partial charge in [0.2, 0.25) is 0 Å². The zero-order valence-corrected chi connectivity index (χ0v) is 12.2. The van der Waals surface area contributed by atoms with Crippen molar-refractivity contribution in [1.82, 2.24) is 5.32 Å².